The molecule has 1 amide bonds. The normalized spacial score (nSPS) is 16.3. The highest BCUT2D eigenvalue weighted by atomic mass is 32.2. The lowest BCUT2D eigenvalue weighted by atomic mass is 10.0. The van der Waals surface area contributed by atoms with Gasteiger partial charge in [-0.15, -0.1) is 5.10 Å². The summed E-state index contributed by atoms with van der Waals surface area (Å²) in [6.45, 7) is 0. The number of thioether (sulfide) groups is 1. The molecule has 1 aliphatic rings. The molecule has 3 aromatic rings. The van der Waals surface area contributed by atoms with E-state index in [1.165, 1.54) is 18.2 Å². The Bertz CT molecular complexity index is 960. The van der Waals surface area contributed by atoms with Crippen molar-refractivity contribution in [1.29, 1.82) is 0 Å². The average Bonchev–Trinajstić information content (AvgIpc) is 3.23. The highest BCUT2D eigenvalue weighted by Gasteiger charge is 2.15. The summed E-state index contributed by atoms with van der Waals surface area (Å²) in [6, 6.07) is 13.9. The van der Waals surface area contributed by atoms with Gasteiger partial charge in [-0.1, -0.05) is 42.1 Å². The number of fused-ring (bicyclic) bond motifs is 1. The Morgan fingerprint density at radius 1 is 1.17 bits per heavy atom. The molecule has 24 heavy (non-hydrogen) atoms. The highest BCUT2D eigenvalue weighted by Crippen LogP contribution is 2.23. The maximum absolute atomic E-state index is 11.0. The van der Waals surface area contributed by atoms with Crippen molar-refractivity contribution >= 4 is 40.2 Å². The van der Waals surface area contributed by atoms with Crippen LogP contribution in [0.1, 0.15) is 5.56 Å². The van der Waals surface area contributed by atoms with E-state index in [1.807, 2.05) is 42.5 Å². The molecule has 118 valence electrons. The van der Waals surface area contributed by atoms with Gasteiger partial charge in [-0.2, -0.15) is 5.10 Å². The molecule has 2 heterocycles. The zero-order valence-corrected chi connectivity index (χ0v) is 13.3. The molecule has 2 aromatic carbocycles. The van der Waals surface area contributed by atoms with Gasteiger partial charge in [-0.25, -0.2) is 4.98 Å². The first-order valence-electron chi connectivity index (χ1n) is 7.25. The summed E-state index contributed by atoms with van der Waals surface area (Å²) in [5.41, 5.74) is 4.70. The van der Waals surface area contributed by atoms with E-state index in [2.05, 4.69) is 20.5 Å². The van der Waals surface area contributed by atoms with Crippen LogP contribution in [-0.2, 0) is 4.79 Å². The van der Waals surface area contributed by atoms with Crippen molar-refractivity contribution in [2.24, 2.45) is 10.2 Å². The first kappa shape index (κ1) is 14.6. The zero-order chi connectivity index (χ0) is 16.4. The van der Waals surface area contributed by atoms with Gasteiger partial charge >= 0.3 is 0 Å². The summed E-state index contributed by atoms with van der Waals surface area (Å²) in [6.07, 6.45) is 3.10. The van der Waals surface area contributed by atoms with E-state index >= 15 is 0 Å². The van der Waals surface area contributed by atoms with Gasteiger partial charge in [0.15, 0.2) is 17.1 Å². The molecule has 1 N–H and O–H groups in total. The minimum atomic E-state index is -0.0395. The first-order valence-corrected chi connectivity index (χ1v) is 8.24. The number of oxazole rings is 1. The molecule has 0 spiro atoms. The monoisotopic (exact) mass is 336 g/mol. The molecule has 1 fully saturated rings. The van der Waals surface area contributed by atoms with Gasteiger partial charge in [0.25, 0.3) is 0 Å². The van der Waals surface area contributed by atoms with Gasteiger partial charge in [0.2, 0.25) is 5.91 Å². The number of nitrogens with one attached hydrogen (secondary N) is 1. The number of amidine groups is 1. The van der Waals surface area contributed by atoms with Crippen molar-refractivity contribution in [3.63, 3.8) is 0 Å². The Morgan fingerprint density at radius 3 is 2.79 bits per heavy atom. The van der Waals surface area contributed by atoms with Crippen LogP contribution in [0.4, 0.5) is 0 Å². The van der Waals surface area contributed by atoms with Crippen LogP contribution in [0.15, 0.2) is 63.5 Å². The molecule has 0 aliphatic carbocycles. The van der Waals surface area contributed by atoms with Gasteiger partial charge in [0.05, 0.1) is 12.0 Å². The summed E-state index contributed by atoms with van der Waals surface area (Å²) in [5.74, 6) is 0.362. The average molecular weight is 336 g/mol. The summed E-state index contributed by atoms with van der Waals surface area (Å²) >= 11 is 1.35. The number of amides is 1. The standard InChI is InChI=1S/C17H12N4O2S/c22-16-9-24-17(20-16)21-19-8-11-1-3-12(4-2-11)13-5-6-15-14(7-13)18-10-23-15/h1-8,10H,9H2,(H,20,21,22). The van der Waals surface area contributed by atoms with Crippen LogP contribution < -0.4 is 5.32 Å². The summed E-state index contributed by atoms with van der Waals surface area (Å²) in [5, 5.41) is 11.1. The van der Waals surface area contributed by atoms with Gasteiger partial charge in [0.1, 0.15) is 5.52 Å². The minimum absolute atomic E-state index is 0.0395. The fourth-order valence-electron chi connectivity index (χ4n) is 2.33. The molecule has 0 radical (unpaired) electrons. The summed E-state index contributed by atoms with van der Waals surface area (Å²) in [7, 11) is 0. The smallest absolute Gasteiger partial charge is 0.236 e. The van der Waals surface area contributed by atoms with E-state index in [-0.39, 0.29) is 5.91 Å². The number of nitrogens with zero attached hydrogens (tertiary/aromatic N) is 3. The Hall–Kier alpha value is -2.93. The molecule has 4 rings (SSSR count). The number of aromatic nitrogens is 1. The van der Waals surface area contributed by atoms with Crippen LogP contribution >= 0.6 is 11.8 Å². The molecule has 0 bridgehead atoms. The van der Waals surface area contributed by atoms with E-state index in [0.717, 1.165) is 27.8 Å². The minimum Gasteiger partial charge on any atom is -0.443 e. The summed E-state index contributed by atoms with van der Waals surface area (Å²) in [4.78, 5) is 15.2. The number of hydrogen-bond donors (Lipinski definition) is 1. The van der Waals surface area contributed by atoms with E-state index < -0.39 is 0 Å². The van der Waals surface area contributed by atoms with Gasteiger partial charge in [-0.05, 0) is 28.8 Å². The van der Waals surface area contributed by atoms with Crippen LogP contribution in [0.2, 0.25) is 0 Å². The van der Waals surface area contributed by atoms with Crippen LogP contribution in [-0.4, -0.2) is 28.0 Å². The molecular formula is C17H12N4O2S. The molecule has 0 saturated carbocycles. The lowest BCUT2D eigenvalue weighted by Crippen LogP contribution is -2.19. The molecule has 0 atom stereocenters. The SMILES string of the molecule is O=C1CSC(=NN=Cc2ccc(-c3ccc4ocnc4c3)cc2)N1. The fourth-order valence-corrected chi connectivity index (χ4v) is 2.96. The number of rotatable bonds is 3. The lowest BCUT2D eigenvalue weighted by molar-refractivity contribution is -0.116. The second-order valence-corrected chi connectivity index (χ2v) is 6.11. The van der Waals surface area contributed by atoms with Gasteiger partial charge in [-0.3, -0.25) is 4.79 Å². The van der Waals surface area contributed by atoms with Gasteiger partial charge in [0, 0.05) is 0 Å². The predicted octanol–water partition coefficient (Wildman–Crippen LogP) is 3.05. The molecule has 0 unspecified atom stereocenters. The van der Waals surface area contributed by atoms with Gasteiger partial charge < -0.3 is 9.73 Å². The zero-order valence-electron chi connectivity index (χ0n) is 12.5. The van der Waals surface area contributed by atoms with Crippen LogP contribution in [0.3, 0.4) is 0 Å². The molecule has 1 aliphatic heterocycles. The first-order chi connectivity index (χ1) is 11.8. The molecule has 7 heteroatoms. The molecule has 1 aromatic heterocycles. The van der Waals surface area contributed by atoms with Crippen LogP contribution in [0.5, 0.6) is 0 Å². The highest BCUT2D eigenvalue weighted by molar-refractivity contribution is 8.15. The third-order valence-corrected chi connectivity index (χ3v) is 4.38. The Balaban J connectivity index is 1.50. The number of carbonyl (C=O) groups is 1. The van der Waals surface area contributed by atoms with Crippen molar-refractivity contribution in [2.75, 3.05) is 5.75 Å². The molecule has 6 nitrogen and oxygen atoms in total. The quantitative estimate of drug-likeness (QED) is 0.589. The number of hydrogen-bond acceptors (Lipinski definition) is 6. The Kier molecular flexibility index (Phi) is 3.84. The Labute approximate surface area is 141 Å². The third-order valence-electron chi connectivity index (χ3n) is 3.52. The maximum Gasteiger partial charge on any atom is 0.236 e. The largest absolute Gasteiger partial charge is 0.443 e. The van der Waals surface area contributed by atoms with E-state index in [1.54, 1.807) is 6.21 Å². The van der Waals surface area contributed by atoms with Crippen molar-refractivity contribution in [2.45, 2.75) is 0 Å². The van der Waals surface area contributed by atoms with E-state index in [9.17, 15) is 4.79 Å². The lowest BCUT2D eigenvalue weighted by Gasteiger charge is -2.01. The second kappa shape index (κ2) is 6.29. The van der Waals surface area contributed by atoms with Crippen molar-refractivity contribution in [3.8, 4) is 11.1 Å². The van der Waals surface area contributed by atoms with Crippen LogP contribution in [0.25, 0.3) is 22.2 Å². The summed E-state index contributed by atoms with van der Waals surface area (Å²) < 4.78 is 5.25. The molecule has 1 saturated heterocycles. The second-order valence-electron chi connectivity index (χ2n) is 5.14. The van der Waals surface area contributed by atoms with Crippen molar-refractivity contribution < 1.29 is 9.21 Å². The maximum atomic E-state index is 11.0. The third kappa shape index (κ3) is 3.07. The Morgan fingerprint density at radius 2 is 2.00 bits per heavy atom. The molecular weight excluding hydrogens is 324 g/mol. The van der Waals surface area contributed by atoms with E-state index in [0.29, 0.717) is 10.9 Å². The van der Waals surface area contributed by atoms with Crippen molar-refractivity contribution in [1.82, 2.24) is 10.3 Å². The number of benzene rings is 2. The van der Waals surface area contributed by atoms with Crippen molar-refractivity contribution in [3.05, 3.63) is 54.4 Å². The fraction of sp³-hybridized carbons (Fsp3) is 0.0588. The van der Waals surface area contributed by atoms with Crippen LogP contribution in [0, 0.1) is 0 Å². The number of carbonyl (C=O) groups excluding carboxylic acids is 1. The predicted molar refractivity (Wildman–Crippen MR) is 95.1 cm³/mol. The topological polar surface area (TPSA) is 79.8 Å². The van der Waals surface area contributed by atoms with E-state index in [4.69, 9.17) is 4.42 Å².